The molecule has 160 valence electrons. The zero-order valence-corrected chi connectivity index (χ0v) is 16.9. The summed E-state index contributed by atoms with van der Waals surface area (Å²) >= 11 is 0. The second kappa shape index (κ2) is 8.42. The first-order valence-corrected chi connectivity index (χ1v) is 9.58. The van der Waals surface area contributed by atoms with Crippen molar-refractivity contribution in [3.8, 4) is 11.5 Å². The molecule has 4 rings (SSSR count). The number of hydrogen-bond acceptors (Lipinski definition) is 6. The van der Waals surface area contributed by atoms with E-state index in [4.69, 9.17) is 9.47 Å². The molecule has 0 bridgehead atoms. The van der Waals surface area contributed by atoms with Crippen LogP contribution >= 0.6 is 0 Å². The summed E-state index contributed by atoms with van der Waals surface area (Å²) in [6.07, 6.45) is 0. The number of fused-ring (bicyclic) bond motifs is 1. The average Bonchev–Trinajstić information content (AvgIpc) is 3.10. The van der Waals surface area contributed by atoms with E-state index in [1.165, 1.54) is 16.8 Å². The van der Waals surface area contributed by atoms with Crippen LogP contribution in [-0.2, 0) is 11.3 Å². The molecule has 0 fully saturated rings. The van der Waals surface area contributed by atoms with E-state index < -0.39 is 11.7 Å². The highest BCUT2D eigenvalue weighted by molar-refractivity contribution is 6.04. The zero-order valence-electron chi connectivity index (χ0n) is 16.9. The van der Waals surface area contributed by atoms with Crippen LogP contribution in [0.4, 0.5) is 15.8 Å². The maximum absolute atomic E-state index is 13.5. The van der Waals surface area contributed by atoms with Gasteiger partial charge in [0.2, 0.25) is 5.91 Å². The molecule has 2 N–H and O–H groups in total. The number of ether oxygens (including phenoxy) is 2. The van der Waals surface area contributed by atoms with Crippen molar-refractivity contribution >= 4 is 23.2 Å². The van der Waals surface area contributed by atoms with E-state index in [1.807, 2.05) is 0 Å². The van der Waals surface area contributed by atoms with Crippen LogP contribution in [0.2, 0.25) is 0 Å². The molecule has 2 amide bonds. The lowest BCUT2D eigenvalue weighted by Crippen LogP contribution is -2.21. The standard InChI is InChI=1S/C21H20FN5O4/c1-12-3-4-14(22)9-16(12)24-21(29)20-13(2)27(26-25-20)11-19(28)23-15-5-6-17-18(10-15)31-8-7-30-17/h3-6,9-10H,7-8,11H2,1-2H3,(H,23,28)(H,24,29). The molecule has 2 heterocycles. The van der Waals surface area contributed by atoms with Crippen molar-refractivity contribution in [2.24, 2.45) is 0 Å². The molecule has 1 aromatic heterocycles. The van der Waals surface area contributed by atoms with Gasteiger partial charge in [0, 0.05) is 17.4 Å². The number of aryl methyl sites for hydroxylation is 1. The van der Waals surface area contributed by atoms with E-state index in [1.54, 1.807) is 38.1 Å². The van der Waals surface area contributed by atoms with Crippen molar-refractivity contribution in [2.45, 2.75) is 20.4 Å². The topological polar surface area (TPSA) is 107 Å². The molecule has 0 saturated carbocycles. The summed E-state index contributed by atoms with van der Waals surface area (Å²) in [4.78, 5) is 25.0. The summed E-state index contributed by atoms with van der Waals surface area (Å²) in [5, 5.41) is 13.1. The fourth-order valence-corrected chi connectivity index (χ4v) is 3.09. The Balaban J connectivity index is 1.42. The molecular weight excluding hydrogens is 405 g/mol. The quantitative estimate of drug-likeness (QED) is 0.651. The van der Waals surface area contributed by atoms with Crippen LogP contribution in [0.1, 0.15) is 21.7 Å². The number of nitrogens with one attached hydrogen (secondary N) is 2. The van der Waals surface area contributed by atoms with Crippen molar-refractivity contribution in [3.63, 3.8) is 0 Å². The van der Waals surface area contributed by atoms with Gasteiger partial charge >= 0.3 is 0 Å². The predicted molar refractivity (Wildman–Crippen MR) is 110 cm³/mol. The van der Waals surface area contributed by atoms with Crippen LogP contribution in [0.3, 0.4) is 0 Å². The predicted octanol–water partition coefficient (Wildman–Crippen LogP) is 2.70. The van der Waals surface area contributed by atoms with Crippen molar-refractivity contribution in [1.82, 2.24) is 15.0 Å². The second-order valence-electron chi connectivity index (χ2n) is 7.00. The third-order valence-corrected chi connectivity index (χ3v) is 4.76. The van der Waals surface area contributed by atoms with E-state index in [2.05, 4.69) is 20.9 Å². The van der Waals surface area contributed by atoms with Gasteiger partial charge < -0.3 is 20.1 Å². The Bertz CT molecular complexity index is 1160. The molecule has 1 aliphatic rings. The Morgan fingerprint density at radius 1 is 1.06 bits per heavy atom. The first-order chi connectivity index (χ1) is 14.9. The van der Waals surface area contributed by atoms with Crippen molar-refractivity contribution in [1.29, 1.82) is 0 Å². The van der Waals surface area contributed by atoms with Crippen LogP contribution < -0.4 is 20.1 Å². The third-order valence-electron chi connectivity index (χ3n) is 4.76. The average molecular weight is 425 g/mol. The number of nitrogens with zero attached hydrogens (tertiary/aromatic N) is 3. The minimum absolute atomic E-state index is 0.0517. The van der Waals surface area contributed by atoms with Gasteiger partial charge in [-0.15, -0.1) is 5.10 Å². The van der Waals surface area contributed by atoms with Crippen molar-refractivity contribution in [3.05, 3.63) is 59.2 Å². The molecule has 0 aliphatic carbocycles. The molecule has 2 aromatic carbocycles. The number of carbonyl (C=O) groups is 2. The van der Waals surface area contributed by atoms with Gasteiger partial charge in [-0.05, 0) is 43.7 Å². The summed E-state index contributed by atoms with van der Waals surface area (Å²) in [7, 11) is 0. The first kappa shape index (κ1) is 20.3. The number of carbonyl (C=O) groups excluding carboxylic acids is 2. The Kier molecular flexibility index (Phi) is 5.52. The highest BCUT2D eigenvalue weighted by Crippen LogP contribution is 2.32. The zero-order chi connectivity index (χ0) is 22.0. The molecule has 1 aliphatic heterocycles. The van der Waals surface area contributed by atoms with Crippen molar-refractivity contribution < 1.29 is 23.5 Å². The normalized spacial score (nSPS) is 12.4. The maximum atomic E-state index is 13.5. The van der Waals surface area contributed by atoms with E-state index in [0.29, 0.717) is 47.3 Å². The van der Waals surface area contributed by atoms with E-state index in [0.717, 1.165) is 0 Å². The fraction of sp³-hybridized carbons (Fsp3) is 0.238. The number of hydrogen-bond donors (Lipinski definition) is 2. The Labute approximate surface area is 177 Å². The molecule has 10 heteroatoms. The molecule has 0 unspecified atom stereocenters. The molecule has 0 atom stereocenters. The Hall–Kier alpha value is -3.95. The molecule has 31 heavy (non-hydrogen) atoms. The summed E-state index contributed by atoms with van der Waals surface area (Å²) in [6, 6.07) is 9.22. The summed E-state index contributed by atoms with van der Waals surface area (Å²) in [6.45, 7) is 4.17. The monoisotopic (exact) mass is 425 g/mol. The number of halogens is 1. The van der Waals surface area contributed by atoms with Gasteiger partial charge in [0.25, 0.3) is 5.91 Å². The van der Waals surface area contributed by atoms with Gasteiger partial charge in [0.15, 0.2) is 17.2 Å². The third kappa shape index (κ3) is 4.47. The number of anilines is 2. The number of amides is 2. The lowest BCUT2D eigenvalue weighted by atomic mass is 10.2. The Morgan fingerprint density at radius 3 is 2.65 bits per heavy atom. The number of aromatic nitrogens is 3. The summed E-state index contributed by atoms with van der Waals surface area (Å²) in [5.41, 5.74) is 2.06. The van der Waals surface area contributed by atoms with Gasteiger partial charge in [-0.3, -0.25) is 9.59 Å². The molecule has 3 aromatic rings. The molecule has 9 nitrogen and oxygen atoms in total. The van der Waals surface area contributed by atoms with Gasteiger partial charge in [-0.25, -0.2) is 9.07 Å². The van der Waals surface area contributed by atoms with Crippen LogP contribution in [0.15, 0.2) is 36.4 Å². The summed E-state index contributed by atoms with van der Waals surface area (Å²) in [5.74, 6) is -0.160. The van der Waals surface area contributed by atoms with Gasteiger partial charge in [-0.2, -0.15) is 0 Å². The van der Waals surface area contributed by atoms with Crippen LogP contribution in [0.25, 0.3) is 0 Å². The molecule has 0 saturated heterocycles. The largest absolute Gasteiger partial charge is 0.486 e. The second-order valence-corrected chi connectivity index (χ2v) is 7.00. The fourth-order valence-electron chi connectivity index (χ4n) is 3.09. The van der Waals surface area contributed by atoms with Crippen LogP contribution in [-0.4, -0.2) is 40.0 Å². The first-order valence-electron chi connectivity index (χ1n) is 9.58. The van der Waals surface area contributed by atoms with Gasteiger partial charge in [0.1, 0.15) is 25.6 Å². The minimum Gasteiger partial charge on any atom is -0.486 e. The molecule has 0 radical (unpaired) electrons. The smallest absolute Gasteiger partial charge is 0.278 e. The van der Waals surface area contributed by atoms with Crippen LogP contribution in [0, 0.1) is 19.7 Å². The Morgan fingerprint density at radius 2 is 1.84 bits per heavy atom. The van der Waals surface area contributed by atoms with Gasteiger partial charge in [0.05, 0.1) is 5.69 Å². The lowest BCUT2D eigenvalue weighted by molar-refractivity contribution is -0.117. The molecular formula is C21H20FN5O4. The van der Waals surface area contributed by atoms with E-state index >= 15 is 0 Å². The SMILES string of the molecule is Cc1ccc(F)cc1NC(=O)c1nnn(CC(=O)Nc2ccc3c(c2)OCCO3)c1C. The lowest BCUT2D eigenvalue weighted by Gasteiger charge is -2.19. The van der Waals surface area contributed by atoms with Crippen molar-refractivity contribution in [2.75, 3.05) is 23.8 Å². The van der Waals surface area contributed by atoms with E-state index in [-0.39, 0.29) is 18.1 Å². The molecule has 0 spiro atoms. The number of benzene rings is 2. The highest BCUT2D eigenvalue weighted by Gasteiger charge is 2.19. The van der Waals surface area contributed by atoms with E-state index in [9.17, 15) is 14.0 Å². The van der Waals surface area contributed by atoms with Crippen LogP contribution in [0.5, 0.6) is 11.5 Å². The summed E-state index contributed by atoms with van der Waals surface area (Å²) < 4.78 is 25.7. The number of rotatable bonds is 5. The maximum Gasteiger partial charge on any atom is 0.278 e. The van der Waals surface area contributed by atoms with Gasteiger partial charge in [-0.1, -0.05) is 11.3 Å². The minimum atomic E-state index is -0.537. The highest BCUT2D eigenvalue weighted by atomic mass is 19.1.